The monoisotopic (exact) mass is 342 g/mol. The van der Waals surface area contributed by atoms with Gasteiger partial charge in [0.15, 0.2) is 0 Å². The van der Waals surface area contributed by atoms with Crippen molar-refractivity contribution in [3.8, 4) is 6.07 Å². The van der Waals surface area contributed by atoms with Crippen LogP contribution in [-0.2, 0) is 10.0 Å². The van der Waals surface area contributed by atoms with Gasteiger partial charge in [-0.3, -0.25) is 0 Å². The molecule has 0 fully saturated rings. The number of nitriles is 1. The molecule has 0 amide bonds. The van der Waals surface area contributed by atoms with E-state index >= 15 is 0 Å². The lowest BCUT2D eigenvalue weighted by molar-refractivity contribution is 0.559. The lowest BCUT2D eigenvalue weighted by atomic mass is 9.97. The minimum absolute atomic E-state index is 0.546. The van der Waals surface area contributed by atoms with Gasteiger partial charge in [-0.1, -0.05) is 65.7 Å². The van der Waals surface area contributed by atoms with Gasteiger partial charge in [0.05, 0.1) is 12.3 Å². The first-order valence-electron chi connectivity index (χ1n) is 5.98. The van der Waals surface area contributed by atoms with Crippen LogP contribution in [0.25, 0.3) is 10.8 Å². The molecule has 0 radical (unpaired) electrons. The third-order valence-corrected chi connectivity index (χ3v) is 4.25. The van der Waals surface area contributed by atoms with Crippen LogP contribution in [0.4, 0.5) is 0 Å². The molecule has 0 aliphatic carbocycles. The lowest BCUT2D eigenvalue weighted by Crippen LogP contribution is -2.38. The van der Waals surface area contributed by atoms with Crippen LogP contribution in [0, 0.1) is 11.3 Å². The van der Waals surface area contributed by atoms with Gasteiger partial charge in [0.2, 0.25) is 14.4 Å². The van der Waals surface area contributed by atoms with Crippen molar-refractivity contribution in [2.45, 2.75) is 10.4 Å². The first kappa shape index (κ1) is 16.1. The highest BCUT2D eigenvalue weighted by molar-refractivity contribution is 7.88. The average molecular weight is 343 g/mol. The van der Waals surface area contributed by atoms with Crippen molar-refractivity contribution in [1.29, 1.82) is 5.26 Å². The molecule has 0 saturated carbocycles. The number of nitrogens with zero attached hydrogens (tertiary/aromatic N) is 1. The minimum Gasteiger partial charge on any atom is -0.213 e. The Balaban J connectivity index is 2.68. The van der Waals surface area contributed by atoms with Crippen LogP contribution in [0.2, 0.25) is 0 Å². The van der Waals surface area contributed by atoms with Crippen molar-refractivity contribution in [1.82, 2.24) is 4.72 Å². The maximum absolute atomic E-state index is 11.6. The van der Waals surface area contributed by atoms with Crippen LogP contribution in [0.5, 0.6) is 0 Å². The van der Waals surface area contributed by atoms with E-state index in [1.54, 1.807) is 18.2 Å². The van der Waals surface area contributed by atoms with E-state index in [1.165, 1.54) is 0 Å². The number of benzene rings is 2. The third kappa shape index (κ3) is 3.66. The Hall–Kier alpha value is -1.32. The Kier molecular flexibility index (Phi) is 4.45. The number of rotatable bonds is 4. The van der Waals surface area contributed by atoms with Gasteiger partial charge >= 0.3 is 0 Å². The zero-order chi connectivity index (χ0) is 15.7. The summed E-state index contributed by atoms with van der Waals surface area (Å²) in [5.41, 5.74) is 0.546. The van der Waals surface area contributed by atoms with Crippen molar-refractivity contribution in [3.05, 3.63) is 48.0 Å². The predicted octanol–water partition coefficient (Wildman–Crippen LogP) is 3.13. The van der Waals surface area contributed by atoms with Crippen molar-refractivity contribution in [2.24, 2.45) is 0 Å². The molecule has 2 aromatic rings. The molecule has 2 aromatic carbocycles. The first-order valence-corrected chi connectivity index (χ1v) is 8.63. The van der Waals surface area contributed by atoms with E-state index in [2.05, 4.69) is 4.72 Å². The highest BCUT2D eigenvalue weighted by atomic mass is 35.5. The Morgan fingerprint density at radius 1 is 1.19 bits per heavy atom. The largest absolute Gasteiger partial charge is 0.223 e. The van der Waals surface area contributed by atoms with Crippen LogP contribution in [-0.4, -0.2) is 19.0 Å². The van der Waals surface area contributed by atoms with Crippen LogP contribution >= 0.6 is 23.2 Å². The molecule has 0 aromatic heterocycles. The number of hydrogen-bond donors (Lipinski definition) is 1. The molecule has 0 heterocycles. The molecule has 1 atom stereocenters. The number of sulfonamides is 1. The predicted molar refractivity (Wildman–Crippen MR) is 84.7 cm³/mol. The van der Waals surface area contributed by atoms with Crippen molar-refractivity contribution in [2.75, 3.05) is 6.26 Å². The fraction of sp³-hybridized carbons (Fsp3) is 0.214. The Bertz CT molecular complexity index is 808. The molecule has 110 valence electrons. The molecule has 0 aliphatic heterocycles. The van der Waals surface area contributed by atoms with Gasteiger partial charge in [-0.15, -0.1) is 0 Å². The first-order chi connectivity index (χ1) is 9.74. The van der Waals surface area contributed by atoms with Crippen LogP contribution in [0.1, 0.15) is 11.6 Å². The number of halogens is 2. The quantitative estimate of drug-likeness (QED) is 0.867. The number of hydrogen-bond acceptors (Lipinski definition) is 3. The summed E-state index contributed by atoms with van der Waals surface area (Å²) in [6, 6.07) is 13.4. The molecule has 0 unspecified atom stereocenters. The molecule has 7 heteroatoms. The summed E-state index contributed by atoms with van der Waals surface area (Å²) < 4.78 is 23.6. The Morgan fingerprint density at radius 3 is 2.43 bits per heavy atom. The summed E-state index contributed by atoms with van der Waals surface area (Å²) in [6.45, 7) is 0. The van der Waals surface area contributed by atoms with Crippen molar-refractivity contribution >= 4 is 44.0 Å². The maximum atomic E-state index is 11.6. The number of fused-ring (bicyclic) bond motifs is 1. The number of alkyl halides is 2. The summed E-state index contributed by atoms with van der Waals surface area (Å²) in [4.78, 5) is 0. The van der Waals surface area contributed by atoms with Crippen LogP contribution < -0.4 is 4.72 Å². The summed E-state index contributed by atoms with van der Waals surface area (Å²) >= 11 is 12.0. The van der Waals surface area contributed by atoms with Crippen molar-refractivity contribution in [3.63, 3.8) is 0 Å². The highest BCUT2D eigenvalue weighted by Gasteiger charge is 2.39. The van der Waals surface area contributed by atoms with Gasteiger partial charge in [-0.05, 0) is 16.3 Å². The van der Waals surface area contributed by atoms with Gasteiger partial charge < -0.3 is 0 Å². The maximum Gasteiger partial charge on any atom is 0.223 e. The Morgan fingerprint density at radius 2 is 1.81 bits per heavy atom. The van der Waals surface area contributed by atoms with Gasteiger partial charge in [0.25, 0.3) is 0 Å². The van der Waals surface area contributed by atoms with E-state index in [4.69, 9.17) is 28.5 Å². The zero-order valence-corrected chi connectivity index (χ0v) is 13.4. The molecule has 2 rings (SSSR count). The lowest BCUT2D eigenvalue weighted by Gasteiger charge is -2.25. The van der Waals surface area contributed by atoms with E-state index in [9.17, 15) is 8.42 Å². The Labute approximate surface area is 133 Å². The van der Waals surface area contributed by atoms with Gasteiger partial charge in [-0.25, -0.2) is 13.1 Å². The molecule has 21 heavy (non-hydrogen) atoms. The van der Waals surface area contributed by atoms with Crippen LogP contribution in [0.15, 0.2) is 42.5 Å². The topological polar surface area (TPSA) is 70.0 Å². The molecule has 0 spiro atoms. The average Bonchev–Trinajstić information content (AvgIpc) is 2.43. The number of nitrogens with one attached hydrogen (secondary N) is 1. The van der Waals surface area contributed by atoms with Gasteiger partial charge in [0, 0.05) is 0 Å². The SMILES string of the molecule is CS(=O)(=O)N[C@@H](c1cccc2ccccc12)C(Cl)(Cl)C#N. The highest BCUT2D eigenvalue weighted by Crippen LogP contribution is 2.38. The third-order valence-electron chi connectivity index (χ3n) is 2.98. The van der Waals surface area contributed by atoms with E-state index in [0.29, 0.717) is 5.56 Å². The smallest absolute Gasteiger partial charge is 0.213 e. The van der Waals surface area contributed by atoms with Gasteiger partial charge in [-0.2, -0.15) is 5.26 Å². The molecular weight excluding hydrogens is 331 g/mol. The molecule has 4 nitrogen and oxygen atoms in total. The fourth-order valence-corrected chi connectivity index (χ4v) is 3.32. The second-order valence-electron chi connectivity index (χ2n) is 4.63. The summed E-state index contributed by atoms with van der Waals surface area (Å²) in [5.74, 6) is 0. The van der Waals surface area contributed by atoms with Gasteiger partial charge in [0.1, 0.15) is 6.07 Å². The molecule has 0 saturated heterocycles. The van der Waals surface area contributed by atoms with E-state index in [-0.39, 0.29) is 0 Å². The second-order valence-corrected chi connectivity index (χ2v) is 7.79. The molecule has 1 N–H and O–H groups in total. The summed E-state index contributed by atoms with van der Waals surface area (Å²) in [7, 11) is -3.60. The standard InChI is InChI=1S/C14H12Cl2N2O2S/c1-21(19,20)18-13(14(15,16)9-17)12-8-4-6-10-5-2-3-7-11(10)12/h2-8,13,18H,1H3/t13-/m0/s1. The van der Waals surface area contributed by atoms with Crippen LogP contribution in [0.3, 0.4) is 0 Å². The zero-order valence-electron chi connectivity index (χ0n) is 11.0. The van der Waals surface area contributed by atoms with Crippen molar-refractivity contribution < 1.29 is 8.42 Å². The normalized spacial score (nSPS) is 13.8. The van der Waals surface area contributed by atoms with E-state index < -0.39 is 20.4 Å². The minimum atomic E-state index is -3.60. The second kappa shape index (κ2) is 5.82. The van der Waals surface area contributed by atoms with E-state index in [0.717, 1.165) is 17.0 Å². The fourth-order valence-electron chi connectivity index (χ4n) is 2.11. The molecule has 0 bridgehead atoms. The molecule has 0 aliphatic rings. The van der Waals surface area contributed by atoms with E-state index in [1.807, 2.05) is 30.3 Å². The molecular formula is C14H12Cl2N2O2S. The summed E-state index contributed by atoms with van der Waals surface area (Å²) in [5, 5.41) is 10.8. The summed E-state index contributed by atoms with van der Waals surface area (Å²) in [6.07, 6.45) is 0.992.